The smallest absolute Gasteiger partial charge is 0.270 e. The third-order valence-corrected chi connectivity index (χ3v) is 7.61. The van der Waals surface area contributed by atoms with Gasteiger partial charge in [-0.15, -0.1) is 0 Å². The van der Waals surface area contributed by atoms with Crippen molar-refractivity contribution in [1.29, 1.82) is 0 Å². The molecule has 3 aromatic rings. The van der Waals surface area contributed by atoms with Crippen LogP contribution >= 0.6 is 0 Å². The number of nitrogens with zero attached hydrogens (tertiary/aromatic N) is 3. The van der Waals surface area contributed by atoms with Crippen LogP contribution in [0.4, 0.5) is 11.4 Å². The van der Waals surface area contributed by atoms with E-state index in [2.05, 4.69) is 10.5 Å². The molecule has 0 unspecified atom stereocenters. The van der Waals surface area contributed by atoms with E-state index in [0.717, 1.165) is 16.8 Å². The molecule has 0 bridgehead atoms. The topological polar surface area (TPSA) is 131 Å². The molecule has 3 aromatic carbocycles. The molecular formula is C22H18N4O6S. The lowest BCUT2D eigenvalue weighted by molar-refractivity contribution is -0.385. The Morgan fingerprint density at radius 3 is 2.42 bits per heavy atom. The molecular weight excluding hydrogens is 448 g/mol. The van der Waals surface area contributed by atoms with Gasteiger partial charge in [-0.25, -0.2) is 8.42 Å². The van der Waals surface area contributed by atoms with Crippen molar-refractivity contribution < 1.29 is 22.9 Å². The maximum Gasteiger partial charge on any atom is 0.270 e. The molecule has 1 aliphatic carbocycles. The minimum absolute atomic E-state index is 0.0375. The zero-order valence-corrected chi connectivity index (χ0v) is 18.0. The Hall–Kier alpha value is -3.67. The summed E-state index contributed by atoms with van der Waals surface area (Å²) in [4.78, 5) is 23.3. The Kier molecular flexibility index (Phi) is 5.16. The van der Waals surface area contributed by atoms with Crippen LogP contribution in [0.1, 0.15) is 15.9 Å². The lowest BCUT2D eigenvalue weighted by Gasteiger charge is -2.26. The average molecular weight is 466 g/mol. The first kappa shape index (κ1) is 21.2. The zero-order chi connectivity index (χ0) is 23.2. The largest absolute Gasteiger partial charge is 0.379 e. The molecule has 5 rings (SSSR count). The van der Waals surface area contributed by atoms with Gasteiger partial charge in [-0.05, 0) is 11.5 Å². The van der Waals surface area contributed by atoms with E-state index >= 15 is 0 Å². The fourth-order valence-electron chi connectivity index (χ4n) is 4.06. The molecule has 0 atom stereocenters. The van der Waals surface area contributed by atoms with E-state index in [0.29, 0.717) is 11.1 Å². The summed E-state index contributed by atoms with van der Waals surface area (Å²) >= 11 is 0. The Morgan fingerprint density at radius 1 is 1.03 bits per heavy atom. The van der Waals surface area contributed by atoms with Gasteiger partial charge in [0.2, 0.25) is 15.8 Å². The maximum atomic E-state index is 13.3. The second-order valence-electron chi connectivity index (χ2n) is 7.56. The van der Waals surface area contributed by atoms with Crippen molar-refractivity contribution in [3.8, 4) is 0 Å². The molecule has 2 aliphatic rings. The number of ether oxygens (including phenoxy) is 1. The highest BCUT2D eigenvalue weighted by Crippen LogP contribution is 2.33. The summed E-state index contributed by atoms with van der Waals surface area (Å²) in [6.07, 6.45) is 0. The number of nitrogens with one attached hydrogen (secondary N) is 1. The predicted molar refractivity (Wildman–Crippen MR) is 121 cm³/mol. The molecule has 1 fully saturated rings. The van der Waals surface area contributed by atoms with E-state index in [4.69, 9.17) is 4.74 Å². The molecule has 1 N–H and O–H groups in total. The fraction of sp³-hybridized carbons (Fsp3) is 0.182. The highest BCUT2D eigenvalue weighted by Gasteiger charge is 2.32. The summed E-state index contributed by atoms with van der Waals surface area (Å²) in [6.45, 7) is 0.732. The van der Waals surface area contributed by atoms with Crippen molar-refractivity contribution in [1.82, 2.24) is 4.31 Å². The fourth-order valence-corrected chi connectivity index (χ4v) is 5.63. The minimum atomic E-state index is -4.07. The number of hydrazone groups is 1. The third-order valence-electron chi connectivity index (χ3n) is 5.67. The first-order valence-corrected chi connectivity index (χ1v) is 11.6. The van der Waals surface area contributed by atoms with E-state index in [1.807, 2.05) is 18.2 Å². The Morgan fingerprint density at radius 2 is 1.73 bits per heavy atom. The molecule has 0 spiro atoms. The number of rotatable bonds is 5. The summed E-state index contributed by atoms with van der Waals surface area (Å²) in [5.74, 6) is -0.284. The molecule has 11 heteroatoms. The lowest BCUT2D eigenvalue weighted by atomic mass is 10.1. The first-order valence-electron chi connectivity index (χ1n) is 10.1. The van der Waals surface area contributed by atoms with Crippen molar-refractivity contribution in [3.05, 3.63) is 75.8 Å². The van der Waals surface area contributed by atoms with Gasteiger partial charge in [0.25, 0.3) is 5.69 Å². The van der Waals surface area contributed by atoms with Gasteiger partial charge < -0.3 is 4.74 Å². The number of nitro groups is 1. The van der Waals surface area contributed by atoms with E-state index in [-0.39, 0.29) is 54.1 Å². The van der Waals surface area contributed by atoms with Crippen LogP contribution in [0.15, 0.2) is 64.6 Å². The zero-order valence-electron chi connectivity index (χ0n) is 17.2. The van der Waals surface area contributed by atoms with Crippen LogP contribution in [-0.4, -0.2) is 55.4 Å². The Balaban J connectivity index is 1.57. The van der Waals surface area contributed by atoms with Crippen LogP contribution in [0, 0.1) is 10.1 Å². The Bertz CT molecular complexity index is 1440. The number of hydrogen-bond donors (Lipinski definition) is 1. The van der Waals surface area contributed by atoms with Gasteiger partial charge in [0, 0.05) is 41.7 Å². The number of Topliss-reactive ketones (excluding diaryl/α,β-unsaturated/α-hetero) is 1. The number of hydrogen-bond acceptors (Lipinski definition) is 8. The molecule has 0 aromatic heterocycles. The minimum Gasteiger partial charge on any atom is -0.379 e. The highest BCUT2D eigenvalue weighted by molar-refractivity contribution is 7.89. The molecule has 1 heterocycles. The monoisotopic (exact) mass is 466 g/mol. The average Bonchev–Trinajstić information content (AvgIpc) is 3.11. The molecule has 0 radical (unpaired) electrons. The molecule has 1 saturated heterocycles. The molecule has 168 valence electrons. The number of ketones is 1. The molecule has 0 amide bonds. The number of morpholine rings is 1. The summed E-state index contributed by atoms with van der Waals surface area (Å²) in [5.41, 5.74) is 3.66. The van der Waals surface area contributed by atoms with Gasteiger partial charge in [-0.1, -0.05) is 36.4 Å². The predicted octanol–water partition coefficient (Wildman–Crippen LogP) is 2.78. The van der Waals surface area contributed by atoms with Crippen LogP contribution in [0.25, 0.3) is 10.8 Å². The number of sulfonamides is 1. The molecule has 0 saturated carbocycles. The van der Waals surface area contributed by atoms with Crippen LogP contribution in [0.2, 0.25) is 0 Å². The van der Waals surface area contributed by atoms with Crippen LogP contribution < -0.4 is 5.43 Å². The van der Waals surface area contributed by atoms with Crippen LogP contribution in [0.5, 0.6) is 0 Å². The van der Waals surface area contributed by atoms with E-state index in [1.165, 1.54) is 16.4 Å². The number of anilines is 1. The number of non-ortho nitro benzene ring substituents is 1. The summed E-state index contributed by atoms with van der Waals surface area (Å²) in [6, 6.07) is 14.4. The lowest BCUT2D eigenvalue weighted by Crippen LogP contribution is -2.40. The van der Waals surface area contributed by atoms with Gasteiger partial charge in [0.1, 0.15) is 10.6 Å². The van der Waals surface area contributed by atoms with Gasteiger partial charge in [-0.2, -0.15) is 9.41 Å². The number of benzene rings is 3. The second-order valence-corrected chi connectivity index (χ2v) is 9.47. The molecule has 1 aliphatic heterocycles. The van der Waals surface area contributed by atoms with Crippen molar-refractivity contribution in [2.45, 2.75) is 4.90 Å². The third kappa shape index (κ3) is 3.55. The summed E-state index contributed by atoms with van der Waals surface area (Å²) in [5, 5.41) is 17.2. The summed E-state index contributed by atoms with van der Waals surface area (Å²) < 4.78 is 33.0. The van der Waals surface area contributed by atoms with Gasteiger partial charge in [-0.3, -0.25) is 20.3 Å². The van der Waals surface area contributed by atoms with E-state index in [1.54, 1.807) is 18.2 Å². The Labute approximate surface area is 188 Å². The van der Waals surface area contributed by atoms with Crippen molar-refractivity contribution in [3.63, 3.8) is 0 Å². The number of carbonyl (C=O) groups excluding carboxylic acids is 1. The molecule has 33 heavy (non-hydrogen) atoms. The van der Waals surface area contributed by atoms with Crippen molar-refractivity contribution in [2.75, 3.05) is 31.7 Å². The normalized spacial score (nSPS) is 17.6. The van der Waals surface area contributed by atoms with E-state index < -0.39 is 14.9 Å². The summed E-state index contributed by atoms with van der Waals surface area (Å²) in [7, 11) is -4.07. The van der Waals surface area contributed by atoms with Crippen LogP contribution in [0.3, 0.4) is 0 Å². The quantitative estimate of drug-likeness (QED) is 0.452. The van der Waals surface area contributed by atoms with Gasteiger partial charge in [0.05, 0.1) is 23.8 Å². The van der Waals surface area contributed by atoms with Crippen molar-refractivity contribution in [2.24, 2.45) is 5.10 Å². The van der Waals surface area contributed by atoms with E-state index in [9.17, 15) is 23.3 Å². The number of nitro benzene ring substituents is 1. The standard InChI is InChI=1S/C22H18N4O6S/c27-22-17-6-2-4-14-3-1-5-16(20(14)17)21(22)24-23-18-8-7-15(26(28)29)13-19(18)33(30,31)25-9-11-32-12-10-25/h1-8,13,23H,9-12H2. The number of carbonyl (C=O) groups is 1. The first-order chi connectivity index (χ1) is 15.9. The van der Waals surface area contributed by atoms with Crippen molar-refractivity contribution >= 4 is 43.7 Å². The maximum absolute atomic E-state index is 13.3. The highest BCUT2D eigenvalue weighted by atomic mass is 32.2. The van der Waals surface area contributed by atoms with Gasteiger partial charge in [0.15, 0.2) is 0 Å². The molecule has 10 nitrogen and oxygen atoms in total. The van der Waals surface area contributed by atoms with Crippen LogP contribution in [-0.2, 0) is 14.8 Å². The van der Waals surface area contributed by atoms with Gasteiger partial charge >= 0.3 is 0 Å². The SMILES string of the molecule is O=C1C(=NNc2ccc([N+](=O)[O-])cc2S(=O)(=O)N2CCOCC2)c2cccc3cccc1c23. The second kappa shape index (κ2) is 8.03.